The quantitative estimate of drug-likeness (QED) is 0.516. The molecule has 2 atom stereocenters. The molecule has 0 bridgehead atoms. The van der Waals surface area contributed by atoms with E-state index in [0.717, 1.165) is 17.5 Å². The maximum atomic E-state index is 12.7. The number of hydrogen-bond donors (Lipinski definition) is 3. The second kappa shape index (κ2) is 13.1. The summed E-state index contributed by atoms with van der Waals surface area (Å²) in [5, 5.41) is 8.23. The molecule has 0 heterocycles. The van der Waals surface area contributed by atoms with Crippen molar-refractivity contribution in [2.75, 3.05) is 6.54 Å². The van der Waals surface area contributed by atoms with Crippen LogP contribution in [0.2, 0.25) is 0 Å². The average Bonchev–Trinajstić information content (AvgIpc) is 2.78. The number of amides is 3. The number of carbonyl (C=O) groups is 3. The summed E-state index contributed by atoms with van der Waals surface area (Å²) in [6.45, 7) is 4.22. The molecule has 0 aliphatic heterocycles. The van der Waals surface area contributed by atoms with E-state index in [1.54, 1.807) is 0 Å². The highest BCUT2D eigenvalue weighted by Crippen LogP contribution is 2.05. The fourth-order valence-corrected chi connectivity index (χ4v) is 2.84. The standard InChI is InChI=1S/C24H31N3O4/c1-3-18(2)26-22(28)14-15-25-23(29)21(16-19-10-6-4-7-11-19)27-24(30)31-17-20-12-8-5-9-13-20/h4-13,18,21H,3,14-17H2,1-2H3,(H,25,29)(H,26,28)(H,27,30). The van der Waals surface area contributed by atoms with Gasteiger partial charge in [-0.1, -0.05) is 67.6 Å². The van der Waals surface area contributed by atoms with Crippen molar-refractivity contribution in [1.29, 1.82) is 0 Å². The van der Waals surface area contributed by atoms with Crippen LogP contribution in [0.5, 0.6) is 0 Å². The predicted molar refractivity (Wildman–Crippen MR) is 119 cm³/mol. The van der Waals surface area contributed by atoms with Crippen molar-refractivity contribution in [3.63, 3.8) is 0 Å². The zero-order valence-corrected chi connectivity index (χ0v) is 18.1. The summed E-state index contributed by atoms with van der Waals surface area (Å²) >= 11 is 0. The Kier molecular flexibility index (Phi) is 10.1. The number of hydrogen-bond acceptors (Lipinski definition) is 4. The molecule has 7 nitrogen and oxygen atoms in total. The van der Waals surface area contributed by atoms with Gasteiger partial charge in [0.2, 0.25) is 11.8 Å². The first-order chi connectivity index (χ1) is 15.0. The van der Waals surface area contributed by atoms with E-state index in [9.17, 15) is 14.4 Å². The molecule has 0 aliphatic carbocycles. The van der Waals surface area contributed by atoms with Crippen molar-refractivity contribution >= 4 is 17.9 Å². The number of benzene rings is 2. The van der Waals surface area contributed by atoms with Crippen LogP contribution >= 0.6 is 0 Å². The summed E-state index contributed by atoms with van der Waals surface area (Å²) in [6, 6.07) is 18.0. The van der Waals surface area contributed by atoms with Gasteiger partial charge in [0.1, 0.15) is 12.6 Å². The van der Waals surface area contributed by atoms with Gasteiger partial charge in [-0.05, 0) is 24.5 Å². The molecule has 166 valence electrons. The lowest BCUT2D eigenvalue weighted by Crippen LogP contribution is -2.48. The Balaban J connectivity index is 1.90. The van der Waals surface area contributed by atoms with Crippen molar-refractivity contribution in [2.24, 2.45) is 0 Å². The Morgan fingerprint density at radius 3 is 2.13 bits per heavy atom. The van der Waals surface area contributed by atoms with E-state index in [1.165, 1.54) is 0 Å². The largest absolute Gasteiger partial charge is 0.445 e. The first-order valence-corrected chi connectivity index (χ1v) is 10.6. The molecule has 31 heavy (non-hydrogen) atoms. The zero-order valence-electron chi connectivity index (χ0n) is 18.1. The van der Waals surface area contributed by atoms with E-state index in [4.69, 9.17) is 4.74 Å². The Bertz CT molecular complexity index is 827. The third-order valence-corrected chi connectivity index (χ3v) is 4.78. The van der Waals surface area contributed by atoms with Gasteiger partial charge < -0.3 is 20.7 Å². The molecule has 3 amide bonds. The molecule has 2 aromatic carbocycles. The van der Waals surface area contributed by atoms with E-state index >= 15 is 0 Å². The molecule has 0 spiro atoms. The Hall–Kier alpha value is -3.35. The normalized spacial score (nSPS) is 12.3. The SMILES string of the molecule is CCC(C)NC(=O)CCNC(=O)C(Cc1ccccc1)NC(=O)OCc1ccccc1. The number of nitrogens with one attached hydrogen (secondary N) is 3. The van der Waals surface area contributed by atoms with Crippen LogP contribution in [0.25, 0.3) is 0 Å². The third kappa shape index (κ3) is 9.33. The topological polar surface area (TPSA) is 96.5 Å². The van der Waals surface area contributed by atoms with Crippen LogP contribution < -0.4 is 16.0 Å². The van der Waals surface area contributed by atoms with Gasteiger partial charge in [0.15, 0.2) is 0 Å². The van der Waals surface area contributed by atoms with Crippen molar-refractivity contribution in [3.8, 4) is 0 Å². The van der Waals surface area contributed by atoms with Gasteiger partial charge in [0.05, 0.1) is 0 Å². The lowest BCUT2D eigenvalue weighted by atomic mass is 10.1. The Morgan fingerprint density at radius 1 is 0.903 bits per heavy atom. The first kappa shape index (κ1) is 23.9. The minimum atomic E-state index is -0.816. The fraction of sp³-hybridized carbons (Fsp3) is 0.375. The third-order valence-electron chi connectivity index (χ3n) is 4.78. The number of ether oxygens (including phenoxy) is 1. The molecule has 0 saturated heterocycles. The molecule has 0 fully saturated rings. The van der Waals surface area contributed by atoms with Crippen LogP contribution in [0, 0.1) is 0 Å². The fourth-order valence-electron chi connectivity index (χ4n) is 2.84. The second-order valence-corrected chi connectivity index (χ2v) is 7.37. The summed E-state index contributed by atoms with van der Waals surface area (Å²) in [7, 11) is 0. The van der Waals surface area contributed by atoms with Gasteiger partial charge in [-0.2, -0.15) is 0 Å². The minimum Gasteiger partial charge on any atom is -0.445 e. The highest BCUT2D eigenvalue weighted by atomic mass is 16.5. The summed E-state index contributed by atoms with van der Waals surface area (Å²) in [4.78, 5) is 36.9. The van der Waals surface area contributed by atoms with Crippen molar-refractivity contribution < 1.29 is 19.1 Å². The molecule has 0 aromatic heterocycles. The predicted octanol–water partition coefficient (Wildman–Crippen LogP) is 2.95. The molecular formula is C24H31N3O4. The van der Waals surface area contributed by atoms with E-state index in [2.05, 4.69) is 16.0 Å². The van der Waals surface area contributed by atoms with E-state index in [-0.39, 0.29) is 37.4 Å². The Morgan fingerprint density at radius 2 is 1.52 bits per heavy atom. The van der Waals surface area contributed by atoms with Crippen molar-refractivity contribution in [2.45, 2.75) is 51.8 Å². The molecule has 2 unspecified atom stereocenters. The summed E-state index contributed by atoms with van der Waals surface area (Å²) < 4.78 is 5.25. The molecule has 0 saturated carbocycles. The van der Waals surface area contributed by atoms with Gasteiger partial charge in [-0.25, -0.2) is 4.79 Å². The van der Waals surface area contributed by atoms with Crippen LogP contribution in [0.3, 0.4) is 0 Å². The summed E-state index contributed by atoms with van der Waals surface area (Å²) in [5.41, 5.74) is 1.76. The summed E-state index contributed by atoms with van der Waals surface area (Å²) in [5.74, 6) is -0.485. The molecule has 2 aromatic rings. The van der Waals surface area contributed by atoms with Crippen LogP contribution in [0.1, 0.15) is 37.8 Å². The number of alkyl carbamates (subject to hydrolysis) is 1. The van der Waals surface area contributed by atoms with Crippen LogP contribution in [-0.4, -0.2) is 36.5 Å². The minimum absolute atomic E-state index is 0.0927. The number of rotatable bonds is 11. The highest BCUT2D eigenvalue weighted by molar-refractivity contribution is 5.86. The van der Waals surface area contributed by atoms with Gasteiger partial charge in [-0.15, -0.1) is 0 Å². The molecule has 2 rings (SSSR count). The lowest BCUT2D eigenvalue weighted by Gasteiger charge is -2.19. The van der Waals surface area contributed by atoms with Gasteiger partial charge in [-0.3, -0.25) is 9.59 Å². The van der Waals surface area contributed by atoms with E-state index in [0.29, 0.717) is 6.42 Å². The average molecular weight is 426 g/mol. The van der Waals surface area contributed by atoms with Crippen molar-refractivity contribution in [1.82, 2.24) is 16.0 Å². The smallest absolute Gasteiger partial charge is 0.408 e. The van der Waals surface area contributed by atoms with Crippen molar-refractivity contribution in [3.05, 3.63) is 71.8 Å². The maximum absolute atomic E-state index is 12.7. The zero-order chi connectivity index (χ0) is 22.5. The molecule has 7 heteroatoms. The monoisotopic (exact) mass is 425 g/mol. The van der Waals surface area contributed by atoms with Gasteiger partial charge in [0.25, 0.3) is 0 Å². The first-order valence-electron chi connectivity index (χ1n) is 10.6. The molecule has 3 N–H and O–H groups in total. The Labute approximate surface area is 183 Å². The second-order valence-electron chi connectivity index (χ2n) is 7.37. The van der Waals surface area contributed by atoms with Gasteiger partial charge in [0, 0.05) is 25.4 Å². The van der Waals surface area contributed by atoms with Gasteiger partial charge >= 0.3 is 6.09 Å². The van der Waals surface area contributed by atoms with E-state index < -0.39 is 12.1 Å². The van der Waals surface area contributed by atoms with Crippen LogP contribution in [0.4, 0.5) is 4.79 Å². The van der Waals surface area contributed by atoms with E-state index in [1.807, 2.05) is 74.5 Å². The van der Waals surface area contributed by atoms with Crippen LogP contribution in [0.15, 0.2) is 60.7 Å². The molecule has 0 radical (unpaired) electrons. The maximum Gasteiger partial charge on any atom is 0.408 e. The van der Waals surface area contributed by atoms with Crippen LogP contribution in [-0.2, 0) is 27.4 Å². The molecular weight excluding hydrogens is 394 g/mol. The number of carbonyl (C=O) groups excluding carboxylic acids is 3. The lowest BCUT2D eigenvalue weighted by molar-refractivity contribution is -0.123. The highest BCUT2D eigenvalue weighted by Gasteiger charge is 2.22. The molecule has 0 aliphatic rings. The summed E-state index contributed by atoms with van der Waals surface area (Å²) in [6.07, 6.45) is 0.653.